The quantitative estimate of drug-likeness (QED) is 0.342. The highest BCUT2D eigenvalue weighted by Crippen LogP contribution is 2.11. The number of piperazine rings is 1. The Balaban J connectivity index is 1.36. The fourth-order valence-electron chi connectivity index (χ4n) is 2.86. The molecule has 2 aromatic heterocycles. The maximum absolute atomic E-state index is 12.2. The van der Waals surface area contributed by atoms with Gasteiger partial charge in [0.15, 0.2) is 16.1 Å². The van der Waals surface area contributed by atoms with Crippen LogP contribution in [0, 0.1) is 3.77 Å². The van der Waals surface area contributed by atoms with Crippen molar-refractivity contribution in [2.45, 2.75) is 0 Å². The summed E-state index contributed by atoms with van der Waals surface area (Å²) in [4.78, 5) is 38.7. The second-order valence-electron chi connectivity index (χ2n) is 6.32. The fourth-order valence-corrected chi connectivity index (χ4v) is 3.29. The van der Waals surface area contributed by atoms with Crippen LogP contribution in [0.25, 0.3) is 6.08 Å². The molecule has 1 aliphatic heterocycles. The summed E-state index contributed by atoms with van der Waals surface area (Å²) in [6.45, 7) is 2.40. The zero-order chi connectivity index (χ0) is 19.9. The molecule has 1 amide bonds. The number of nitrogens with zero attached hydrogens (tertiary/aromatic N) is 1. The van der Waals surface area contributed by atoms with Crippen molar-refractivity contribution in [1.29, 1.82) is 0 Å². The standard InChI is InChI=1S/C19H19IN2O6/c20-17-5-3-15(28-17)4-6-18(24)27-13-14(23)12-21-7-9-22(10-8-21)19(25)16-2-1-11-26-16/h1-6,11H,7-10,12-13H2/p+1/b6-4+. The predicted molar refractivity (Wildman–Crippen MR) is 107 cm³/mol. The summed E-state index contributed by atoms with van der Waals surface area (Å²) >= 11 is 2.03. The lowest BCUT2D eigenvalue weighted by molar-refractivity contribution is -0.895. The number of Topliss-reactive ketones (excluding diaryl/α,β-unsaturated/α-hetero) is 1. The molecule has 28 heavy (non-hydrogen) atoms. The van der Waals surface area contributed by atoms with Crippen LogP contribution in [-0.4, -0.2) is 61.9 Å². The lowest BCUT2D eigenvalue weighted by Crippen LogP contribution is -3.15. The van der Waals surface area contributed by atoms with E-state index >= 15 is 0 Å². The van der Waals surface area contributed by atoms with Crippen molar-refractivity contribution in [2.75, 3.05) is 39.3 Å². The number of halogens is 1. The van der Waals surface area contributed by atoms with Crippen LogP contribution >= 0.6 is 22.6 Å². The van der Waals surface area contributed by atoms with Crippen molar-refractivity contribution in [3.63, 3.8) is 0 Å². The van der Waals surface area contributed by atoms with Crippen molar-refractivity contribution in [2.24, 2.45) is 0 Å². The van der Waals surface area contributed by atoms with Crippen LogP contribution in [0.4, 0.5) is 0 Å². The molecule has 9 heteroatoms. The van der Waals surface area contributed by atoms with Crippen molar-refractivity contribution in [1.82, 2.24) is 4.90 Å². The normalized spacial score (nSPS) is 15.1. The molecule has 0 atom stereocenters. The van der Waals surface area contributed by atoms with E-state index in [4.69, 9.17) is 13.6 Å². The van der Waals surface area contributed by atoms with Gasteiger partial charge in [0.2, 0.25) is 5.78 Å². The molecule has 0 bridgehead atoms. The molecule has 1 aliphatic rings. The molecule has 1 N–H and O–H groups in total. The number of nitrogens with one attached hydrogen (secondary N) is 1. The Bertz CT molecular complexity index is 850. The molecule has 3 rings (SSSR count). The molecule has 0 radical (unpaired) electrons. The average Bonchev–Trinajstić information content (AvgIpc) is 3.36. The molecule has 0 aromatic carbocycles. The highest BCUT2D eigenvalue weighted by molar-refractivity contribution is 14.1. The van der Waals surface area contributed by atoms with Crippen LogP contribution in [0.2, 0.25) is 0 Å². The number of ether oxygens (including phenoxy) is 1. The van der Waals surface area contributed by atoms with E-state index in [1.165, 1.54) is 18.4 Å². The van der Waals surface area contributed by atoms with Crippen molar-refractivity contribution >= 4 is 46.3 Å². The van der Waals surface area contributed by atoms with E-state index in [9.17, 15) is 14.4 Å². The summed E-state index contributed by atoms with van der Waals surface area (Å²) in [7, 11) is 0. The molecular formula is C19H20IN2O6+. The van der Waals surface area contributed by atoms with Gasteiger partial charge in [-0.3, -0.25) is 9.59 Å². The maximum Gasteiger partial charge on any atom is 0.331 e. The minimum Gasteiger partial charge on any atom is -0.459 e. The van der Waals surface area contributed by atoms with Gasteiger partial charge in [-0.05, 0) is 52.9 Å². The number of carbonyl (C=O) groups is 3. The van der Waals surface area contributed by atoms with Gasteiger partial charge >= 0.3 is 5.97 Å². The van der Waals surface area contributed by atoms with E-state index in [2.05, 4.69) is 0 Å². The Morgan fingerprint density at radius 3 is 2.64 bits per heavy atom. The minimum atomic E-state index is -0.594. The first-order chi connectivity index (χ1) is 13.5. The highest BCUT2D eigenvalue weighted by Gasteiger charge is 2.27. The summed E-state index contributed by atoms with van der Waals surface area (Å²) in [5.41, 5.74) is 0. The van der Waals surface area contributed by atoms with Crippen molar-refractivity contribution < 1.29 is 32.9 Å². The van der Waals surface area contributed by atoms with E-state index in [0.29, 0.717) is 37.7 Å². The number of amides is 1. The second kappa shape index (κ2) is 9.69. The summed E-state index contributed by atoms with van der Waals surface area (Å²) in [5.74, 6) is -0.0242. The van der Waals surface area contributed by atoms with Crippen LogP contribution in [0.3, 0.4) is 0 Å². The fraction of sp³-hybridized carbons (Fsp3) is 0.316. The Morgan fingerprint density at radius 1 is 1.21 bits per heavy atom. The van der Waals surface area contributed by atoms with Gasteiger partial charge in [-0.1, -0.05) is 0 Å². The zero-order valence-electron chi connectivity index (χ0n) is 15.1. The SMILES string of the molecule is O=C(COC(=O)/C=C/c1ccc(I)o1)C[NH+]1CCN(C(=O)c2ccco2)CC1. The summed E-state index contributed by atoms with van der Waals surface area (Å²) in [5, 5.41) is 0. The Kier molecular flexibility index (Phi) is 7.04. The first kappa shape index (κ1) is 20.3. The van der Waals surface area contributed by atoms with Crippen LogP contribution in [0.5, 0.6) is 0 Å². The molecule has 3 heterocycles. The highest BCUT2D eigenvalue weighted by atomic mass is 127. The Morgan fingerprint density at radius 2 is 2.00 bits per heavy atom. The monoisotopic (exact) mass is 499 g/mol. The number of esters is 1. The van der Waals surface area contributed by atoms with Crippen LogP contribution in [0.1, 0.15) is 16.3 Å². The van der Waals surface area contributed by atoms with Crippen LogP contribution < -0.4 is 4.90 Å². The molecule has 1 saturated heterocycles. The van der Waals surface area contributed by atoms with Gasteiger partial charge in [-0.15, -0.1) is 0 Å². The first-order valence-electron chi connectivity index (χ1n) is 8.79. The summed E-state index contributed by atoms with van der Waals surface area (Å²) in [6, 6.07) is 6.83. The Hall–Kier alpha value is -2.40. The molecule has 2 aromatic rings. The van der Waals surface area contributed by atoms with E-state index in [-0.39, 0.29) is 24.8 Å². The molecule has 0 spiro atoms. The van der Waals surface area contributed by atoms with Gasteiger partial charge in [-0.2, -0.15) is 0 Å². The van der Waals surface area contributed by atoms with Crippen LogP contribution in [-0.2, 0) is 14.3 Å². The van der Waals surface area contributed by atoms with Gasteiger partial charge in [0.25, 0.3) is 5.91 Å². The van der Waals surface area contributed by atoms with Crippen molar-refractivity contribution in [3.05, 3.63) is 51.9 Å². The molecular weight excluding hydrogens is 479 g/mol. The predicted octanol–water partition coefficient (Wildman–Crippen LogP) is 0.644. The molecule has 0 aliphatic carbocycles. The molecule has 0 saturated carbocycles. The average molecular weight is 499 g/mol. The second-order valence-corrected chi connectivity index (χ2v) is 7.38. The lowest BCUT2D eigenvalue weighted by Gasteiger charge is -2.31. The topological polar surface area (TPSA) is 94.4 Å². The van der Waals surface area contributed by atoms with E-state index in [1.54, 1.807) is 29.2 Å². The number of ketones is 1. The molecule has 1 fully saturated rings. The number of furan rings is 2. The van der Waals surface area contributed by atoms with Gasteiger partial charge < -0.3 is 23.4 Å². The zero-order valence-corrected chi connectivity index (χ0v) is 17.2. The number of quaternary nitrogens is 1. The molecule has 148 valence electrons. The first-order valence-corrected chi connectivity index (χ1v) is 9.87. The van der Waals surface area contributed by atoms with E-state index in [1.807, 2.05) is 22.6 Å². The van der Waals surface area contributed by atoms with Gasteiger partial charge in [-0.25, -0.2) is 4.79 Å². The largest absolute Gasteiger partial charge is 0.459 e. The minimum absolute atomic E-state index is 0.137. The van der Waals surface area contributed by atoms with E-state index in [0.717, 1.165) is 8.67 Å². The Labute approximate surface area is 175 Å². The molecule has 0 unspecified atom stereocenters. The summed E-state index contributed by atoms with van der Waals surface area (Å²) in [6.07, 6.45) is 4.20. The van der Waals surface area contributed by atoms with E-state index < -0.39 is 5.97 Å². The van der Waals surface area contributed by atoms with Crippen LogP contribution in [0.15, 0.2) is 45.4 Å². The maximum atomic E-state index is 12.2. The third-order valence-corrected chi connectivity index (χ3v) is 4.87. The number of hydrogen-bond acceptors (Lipinski definition) is 6. The number of hydrogen-bond donors (Lipinski definition) is 1. The third-order valence-electron chi connectivity index (χ3n) is 4.29. The number of carbonyl (C=O) groups excluding carboxylic acids is 3. The lowest BCUT2D eigenvalue weighted by atomic mass is 10.2. The van der Waals surface area contributed by atoms with Gasteiger partial charge in [0.1, 0.15) is 12.3 Å². The number of rotatable bonds is 7. The van der Waals surface area contributed by atoms with Gasteiger partial charge in [0.05, 0.1) is 32.4 Å². The van der Waals surface area contributed by atoms with Gasteiger partial charge in [0, 0.05) is 6.08 Å². The molecule has 8 nitrogen and oxygen atoms in total. The summed E-state index contributed by atoms with van der Waals surface area (Å²) < 4.78 is 16.1. The van der Waals surface area contributed by atoms with Crippen molar-refractivity contribution in [3.8, 4) is 0 Å². The third kappa shape index (κ3) is 5.80. The smallest absolute Gasteiger partial charge is 0.331 e.